The van der Waals surface area contributed by atoms with Gasteiger partial charge in [0, 0.05) is 16.3 Å². The van der Waals surface area contributed by atoms with Crippen LogP contribution in [0.2, 0.25) is 0 Å². The average Bonchev–Trinajstić information content (AvgIpc) is 2.69. The summed E-state index contributed by atoms with van der Waals surface area (Å²) in [6.07, 6.45) is 13.2. The molecular weight excluding hydrogens is 334 g/mol. The second-order valence-corrected chi connectivity index (χ2v) is 8.50. The predicted octanol–water partition coefficient (Wildman–Crippen LogP) is 7.14. The molecule has 2 heteroatoms. The molecule has 0 saturated heterocycles. The molecule has 2 aromatic carbocycles. The molecule has 0 N–H and O–H groups in total. The Morgan fingerprint density at radius 1 is 0.962 bits per heavy atom. The van der Waals surface area contributed by atoms with Gasteiger partial charge >= 0.3 is 0 Å². The number of fused-ring (bicyclic) bond motifs is 1. The van der Waals surface area contributed by atoms with Crippen LogP contribution in [0.3, 0.4) is 0 Å². The quantitative estimate of drug-likeness (QED) is 0.491. The zero-order valence-electron chi connectivity index (χ0n) is 15.3. The predicted molar refractivity (Wildman–Crippen MR) is 115 cm³/mol. The largest absolute Gasteiger partial charge is 0.257 e. The minimum absolute atomic E-state index is 0.778. The highest BCUT2D eigenvalue weighted by Crippen LogP contribution is 2.35. The molecule has 1 aliphatic carbocycles. The molecule has 1 heterocycles. The lowest BCUT2D eigenvalue weighted by atomic mass is 10.0. The maximum absolute atomic E-state index is 4.63. The van der Waals surface area contributed by atoms with Crippen LogP contribution in [0.1, 0.15) is 48.9 Å². The molecule has 0 bridgehead atoms. The van der Waals surface area contributed by atoms with Crippen molar-refractivity contribution in [2.24, 2.45) is 0 Å². The van der Waals surface area contributed by atoms with Crippen molar-refractivity contribution in [2.45, 2.75) is 49.2 Å². The number of aromatic nitrogens is 1. The molecule has 132 valence electrons. The summed E-state index contributed by atoms with van der Waals surface area (Å²) in [4.78, 5) is 6.02. The van der Waals surface area contributed by atoms with Crippen LogP contribution in [0.25, 0.3) is 22.9 Å². The molecule has 26 heavy (non-hydrogen) atoms. The van der Waals surface area contributed by atoms with E-state index in [0.717, 1.165) is 10.9 Å². The van der Waals surface area contributed by atoms with Crippen LogP contribution in [-0.2, 0) is 0 Å². The standard InChI is InChI=1S/C24H25NS/c1-18-17-25-21(16-24(18)26-22-11-3-2-4-12-22)15-14-20-10-7-9-19-8-5-6-13-23(19)20/h5-10,13-17,22H,2-4,11-12H2,1H3/b15-14-. The topological polar surface area (TPSA) is 12.9 Å². The first-order chi connectivity index (χ1) is 12.8. The van der Waals surface area contributed by atoms with Crippen molar-refractivity contribution in [2.75, 3.05) is 0 Å². The van der Waals surface area contributed by atoms with E-state index < -0.39 is 0 Å². The van der Waals surface area contributed by atoms with E-state index in [-0.39, 0.29) is 0 Å². The van der Waals surface area contributed by atoms with Crippen LogP contribution >= 0.6 is 11.8 Å². The molecule has 0 aliphatic heterocycles. The van der Waals surface area contributed by atoms with Crippen LogP contribution in [0.15, 0.2) is 59.6 Å². The lowest BCUT2D eigenvalue weighted by Gasteiger charge is -2.21. The number of nitrogens with zero attached hydrogens (tertiary/aromatic N) is 1. The molecule has 0 radical (unpaired) electrons. The normalized spacial score (nSPS) is 15.7. The van der Waals surface area contributed by atoms with E-state index in [9.17, 15) is 0 Å². The first-order valence-electron chi connectivity index (χ1n) is 9.59. The zero-order valence-corrected chi connectivity index (χ0v) is 16.1. The molecule has 1 nitrogen and oxygen atoms in total. The highest BCUT2D eigenvalue weighted by molar-refractivity contribution is 8.00. The number of aryl methyl sites for hydroxylation is 1. The van der Waals surface area contributed by atoms with Gasteiger partial charge in [-0.1, -0.05) is 67.8 Å². The van der Waals surface area contributed by atoms with Gasteiger partial charge in [-0.3, -0.25) is 4.98 Å². The fraction of sp³-hybridized carbons (Fsp3) is 0.292. The number of rotatable bonds is 4. The Labute approximate surface area is 160 Å². The van der Waals surface area contributed by atoms with Gasteiger partial charge in [-0.25, -0.2) is 0 Å². The lowest BCUT2D eigenvalue weighted by molar-refractivity contribution is 0.516. The van der Waals surface area contributed by atoms with Crippen LogP contribution in [0.4, 0.5) is 0 Å². The Kier molecular flexibility index (Phi) is 5.40. The Bertz CT molecular complexity index is 917. The zero-order chi connectivity index (χ0) is 17.8. The number of thioether (sulfide) groups is 1. The SMILES string of the molecule is Cc1cnc(/C=C\c2cccc3ccccc23)cc1SC1CCCCC1. The van der Waals surface area contributed by atoms with Gasteiger partial charge in [0.15, 0.2) is 0 Å². The second kappa shape index (κ2) is 8.09. The van der Waals surface area contributed by atoms with Crippen molar-refractivity contribution in [1.29, 1.82) is 0 Å². The Hall–Kier alpha value is -2.06. The monoisotopic (exact) mass is 359 g/mol. The van der Waals surface area contributed by atoms with Crippen molar-refractivity contribution >= 4 is 34.7 Å². The molecule has 1 aromatic heterocycles. The molecule has 1 aliphatic rings. The maximum atomic E-state index is 4.63. The number of hydrogen-bond donors (Lipinski definition) is 0. The van der Waals surface area contributed by atoms with E-state index in [1.807, 2.05) is 6.20 Å². The molecule has 0 amide bonds. The van der Waals surface area contributed by atoms with Crippen molar-refractivity contribution in [1.82, 2.24) is 4.98 Å². The molecule has 0 unspecified atom stereocenters. The van der Waals surface area contributed by atoms with Crippen LogP contribution in [0.5, 0.6) is 0 Å². The van der Waals surface area contributed by atoms with Gasteiger partial charge in [0.2, 0.25) is 0 Å². The third-order valence-electron chi connectivity index (χ3n) is 5.18. The molecule has 4 rings (SSSR count). The minimum atomic E-state index is 0.778. The summed E-state index contributed by atoms with van der Waals surface area (Å²) in [6, 6.07) is 17.2. The van der Waals surface area contributed by atoms with Gasteiger partial charge < -0.3 is 0 Å². The highest BCUT2D eigenvalue weighted by Gasteiger charge is 2.15. The fourth-order valence-electron chi connectivity index (χ4n) is 3.67. The van der Waals surface area contributed by atoms with E-state index in [0.29, 0.717) is 0 Å². The second-order valence-electron chi connectivity index (χ2n) is 7.15. The van der Waals surface area contributed by atoms with Gasteiger partial charge in [0.05, 0.1) is 5.69 Å². The smallest absolute Gasteiger partial charge is 0.0641 e. The highest BCUT2D eigenvalue weighted by atomic mass is 32.2. The van der Waals surface area contributed by atoms with Gasteiger partial charge in [-0.05, 0) is 53.8 Å². The van der Waals surface area contributed by atoms with E-state index in [1.165, 1.54) is 58.9 Å². The van der Waals surface area contributed by atoms with Gasteiger partial charge in [-0.15, -0.1) is 11.8 Å². The van der Waals surface area contributed by atoms with Crippen molar-refractivity contribution in [3.8, 4) is 0 Å². The fourth-order valence-corrected chi connectivity index (χ4v) is 5.03. The summed E-state index contributed by atoms with van der Waals surface area (Å²) in [5.74, 6) is 0. The first kappa shape index (κ1) is 17.4. The summed E-state index contributed by atoms with van der Waals surface area (Å²) in [5, 5.41) is 3.34. The van der Waals surface area contributed by atoms with E-state index in [1.54, 1.807) is 0 Å². The molecule has 0 atom stereocenters. The average molecular weight is 360 g/mol. The summed E-state index contributed by atoms with van der Waals surface area (Å²) >= 11 is 2.06. The van der Waals surface area contributed by atoms with Crippen LogP contribution < -0.4 is 0 Å². The van der Waals surface area contributed by atoms with E-state index >= 15 is 0 Å². The Morgan fingerprint density at radius 3 is 2.65 bits per heavy atom. The van der Waals surface area contributed by atoms with Gasteiger partial charge in [0.1, 0.15) is 0 Å². The number of hydrogen-bond acceptors (Lipinski definition) is 2. The Balaban J connectivity index is 1.57. The van der Waals surface area contributed by atoms with Crippen LogP contribution in [-0.4, -0.2) is 10.2 Å². The van der Waals surface area contributed by atoms with Crippen molar-refractivity contribution in [3.05, 3.63) is 71.5 Å². The summed E-state index contributed by atoms with van der Waals surface area (Å²) < 4.78 is 0. The molecule has 3 aromatic rings. The van der Waals surface area contributed by atoms with Gasteiger partial charge in [-0.2, -0.15) is 0 Å². The molecule has 0 spiro atoms. The molecule has 1 saturated carbocycles. The van der Waals surface area contributed by atoms with Gasteiger partial charge in [0.25, 0.3) is 0 Å². The summed E-state index contributed by atoms with van der Waals surface area (Å²) in [7, 11) is 0. The summed E-state index contributed by atoms with van der Waals surface area (Å²) in [5.41, 5.74) is 3.58. The number of benzene rings is 2. The minimum Gasteiger partial charge on any atom is -0.257 e. The van der Waals surface area contributed by atoms with E-state index in [4.69, 9.17) is 0 Å². The van der Waals surface area contributed by atoms with Crippen molar-refractivity contribution in [3.63, 3.8) is 0 Å². The third-order valence-corrected chi connectivity index (χ3v) is 6.68. The van der Waals surface area contributed by atoms with Crippen LogP contribution in [0, 0.1) is 6.92 Å². The maximum Gasteiger partial charge on any atom is 0.0641 e. The summed E-state index contributed by atoms with van der Waals surface area (Å²) in [6.45, 7) is 2.18. The third kappa shape index (κ3) is 4.02. The van der Waals surface area contributed by atoms with Crippen molar-refractivity contribution < 1.29 is 0 Å². The van der Waals surface area contributed by atoms with E-state index in [2.05, 4.69) is 84.4 Å². The number of pyridine rings is 1. The Morgan fingerprint density at radius 2 is 1.77 bits per heavy atom. The first-order valence-corrected chi connectivity index (χ1v) is 10.5. The molecule has 1 fully saturated rings. The lowest BCUT2D eigenvalue weighted by Crippen LogP contribution is -2.08. The molecular formula is C24H25NS.